The first-order valence-electron chi connectivity index (χ1n) is 6.26. The molecule has 0 aromatic heterocycles. The van der Waals surface area contributed by atoms with Crippen LogP contribution in [0.2, 0.25) is 0 Å². The highest BCUT2D eigenvalue weighted by Gasteiger charge is 2.29. The summed E-state index contributed by atoms with van der Waals surface area (Å²) in [6.07, 6.45) is 6.02. The molecule has 0 amide bonds. The summed E-state index contributed by atoms with van der Waals surface area (Å²) in [6.45, 7) is 5.29. The molecule has 2 unspecified atom stereocenters. The number of rotatable bonds is 3. The Bertz CT molecular complexity index is 202. The van der Waals surface area contributed by atoms with Crippen molar-refractivity contribution in [2.24, 2.45) is 11.7 Å². The molecule has 2 atom stereocenters. The third-order valence-electron chi connectivity index (χ3n) is 4.00. The molecule has 2 fully saturated rings. The molecule has 0 bridgehead atoms. The van der Waals surface area contributed by atoms with Crippen molar-refractivity contribution < 1.29 is 4.74 Å². The van der Waals surface area contributed by atoms with Crippen molar-refractivity contribution in [3.05, 3.63) is 0 Å². The van der Waals surface area contributed by atoms with Gasteiger partial charge in [0.1, 0.15) is 0 Å². The van der Waals surface area contributed by atoms with E-state index in [1.54, 1.807) is 0 Å². The lowest BCUT2D eigenvalue weighted by atomic mass is 9.91. The van der Waals surface area contributed by atoms with Gasteiger partial charge in [-0.05, 0) is 51.5 Å². The maximum atomic E-state index is 5.92. The highest BCUT2D eigenvalue weighted by molar-refractivity contribution is 4.88. The van der Waals surface area contributed by atoms with E-state index in [4.69, 9.17) is 10.5 Å². The quantitative estimate of drug-likeness (QED) is 0.740. The molecule has 1 saturated heterocycles. The highest BCUT2D eigenvalue weighted by Crippen LogP contribution is 2.25. The zero-order valence-electron chi connectivity index (χ0n) is 9.80. The predicted molar refractivity (Wildman–Crippen MR) is 61.8 cm³/mol. The first-order chi connectivity index (χ1) is 7.18. The van der Waals surface area contributed by atoms with Crippen LogP contribution in [0.1, 0.15) is 39.0 Å². The largest absolute Gasteiger partial charge is 0.381 e. The molecule has 2 aliphatic rings. The second kappa shape index (κ2) is 4.81. The Morgan fingerprint density at radius 3 is 2.67 bits per heavy atom. The summed E-state index contributed by atoms with van der Waals surface area (Å²) in [4.78, 5) is 0. The Morgan fingerprint density at radius 1 is 1.33 bits per heavy atom. The van der Waals surface area contributed by atoms with E-state index in [9.17, 15) is 0 Å². The van der Waals surface area contributed by atoms with E-state index in [1.807, 2.05) is 0 Å². The molecule has 3 heteroatoms. The van der Waals surface area contributed by atoms with E-state index in [2.05, 4.69) is 12.2 Å². The van der Waals surface area contributed by atoms with E-state index < -0.39 is 0 Å². The van der Waals surface area contributed by atoms with E-state index in [0.717, 1.165) is 38.5 Å². The number of hydrogen-bond donors (Lipinski definition) is 2. The second-order valence-corrected chi connectivity index (χ2v) is 5.49. The van der Waals surface area contributed by atoms with Crippen molar-refractivity contribution in [1.82, 2.24) is 5.32 Å². The van der Waals surface area contributed by atoms with Crippen LogP contribution >= 0.6 is 0 Å². The maximum Gasteiger partial charge on any atom is 0.0483 e. The number of nitrogens with two attached hydrogens (primary N) is 1. The zero-order valence-corrected chi connectivity index (χ0v) is 9.80. The summed E-state index contributed by atoms with van der Waals surface area (Å²) in [5.74, 6) is 0.805. The Hall–Kier alpha value is -0.120. The average molecular weight is 212 g/mol. The first kappa shape index (κ1) is 11.4. The topological polar surface area (TPSA) is 47.3 Å². The molecule has 3 N–H and O–H groups in total. The van der Waals surface area contributed by atoms with E-state index >= 15 is 0 Å². The predicted octanol–water partition coefficient (Wildman–Crippen LogP) is 1.27. The molecule has 0 radical (unpaired) electrons. The van der Waals surface area contributed by atoms with Gasteiger partial charge in [-0.25, -0.2) is 0 Å². The molecular formula is C12H24N2O. The van der Waals surface area contributed by atoms with Crippen LogP contribution in [0.25, 0.3) is 0 Å². The van der Waals surface area contributed by atoms with Crippen LogP contribution in [0.3, 0.4) is 0 Å². The van der Waals surface area contributed by atoms with Gasteiger partial charge in [0.25, 0.3) is 0 Å². The Balaban J connectivity index is 1.72. The van der Waals surface area contributed by atoms with Crippen molar-refractivity contribution in [1.29, 1.82) is 0 Å². The van der Waals surface area contributed by atoms with Gasteiger partial charge in [0.15, 0.2) is 0 Å². The van der Waals surface area contributed by atoms with Gasteiger partial charge in [-0.1, -0.05) is 0 Å². The van der Waals surface area contributed by atoms with E-state index in [1.165, 1.54) is 19.3 Å². The minimum absolute atomic E-state index is 0.310. The zero-order chi connectivity index (χ0) is 10.7. The SMILES string of the molecule is CC1(NCC2CCC(N)C2)CCOCC1. The van der Waals surface area contributed by atoms with Gasteiger partial charge in [-0.15, -0.1) is 0 Å². The number of nitrogens with one attached hydrogen (secondary N) is 1. The molecular weight excluding hydrogens is 188 g/mol. The third kappa shape index (κ3) is 3.16. The van der Waals surface area contributed by atoms with E-state index in [0.29, 0.717) is 11.6 Å². The molecule has 1 heterocycles. The van der Waals surface area contributed by atoms with E-state index in [-0.39, 0.29) is 0 Å². The first-order valence-corrected chi connectivity index (χ1v) is 6.26. The number of hydrogen-bond acceptors (Lipinski definition) is 3. The molecule has 1 saturated carbocycles. The molecule has 0 spiro atoms. The summed E-state index contributed by atoms with van der Waals surface area (Å²) in [5.41, 5.74) is 6.23. The second-order valence-electron chi connectivity index (χ2n) is 5.49. The standard InChI is InChI=1S/C12H24N2O/c1-12(4-6-15-7-5-12)14-9-10-2-3-11(13)8-10/h10-11,14H,2-9,13H2,1H3. The van der Waals surface area contributed by atoms with Gasteiger partial charge in [0, 0.05) is 24.8 Å². The minimum atomic E-state index is 0.310. The fraction of sp³-hybridized carbons (Fsp3) is 1.00. The molecule has 0 aromatic rings. The molecule has 88 valence electrons. The lowest BCUT2D eigenvalue weighted by Gasteiger charge is -2.35. The fourth-order valence-electron chi connectivity index (χ4n) is 2.69. The third-order valence-corrected chi connectivity index (χ3v) is 4.00. The molecule has 2 rings (SSSR count). The molecule has 3 nitrogen and oxygen atoms in total. The van der Waals surface area contributed by atoms with Gasteiger partial charge in [-0.2, -0.15) is 0 Å². The van der Waals surface area contributed by atoms with Crippen LogP contribution < -0.4 is 11.1 Å². The van der Waals surface area contributed by atoms with Crippen LogP contribution in [0.15, 0.2) is 0 Å². The van der Waals surface area contributed by atoms with Crippen molar-refractivity contribution in [2.45, 2.75) is 50.6 Å². The minimum Gasteiger partial charge on any atom is -0.381 e. The fourth-order valence-corrected chi connectivity index (χ4v) is 2.69. The number of ether oxygens (including phenoxy) is 1. The molecule has 0 aromatic carbocycles. The van der Waals surface area contributed by atoms with Crippen LogP contribution in [0.5, 0.6) is 0 Å². The average Bonchev–Trinajstić information content (AvgIpc) is 2.63. The van der Waals surface area contributed by atoms with Crippen LogP contribution in [-0.4, -0.2) is 31.3 Å². The van der Waals surface area contributed by atoms with Crippen molar-refractivity contribution in [2.75, 3.05) is 19.8 Å². The van der Waals surface area contributed by atoms with Crippen LogP contribution in [0, 0.1) is 5.92 Å². The lowest BCUT2D eigenvalue weighted by molar-refractivity contribution is 0.0438. The molecule has 1 aliphatic heterocycles. The van der Waals surface area contributed by atoms with Gasteiger partial charge < -0.3 is 15.8 Å². The van der Waals surface area contributed by atoms with Gasteiger partial charge in [0.2, 0.25) is 0 Å². The van der Waals surface area contributed by atoms with Crippen LogP contribution in [-0.2, 0) is 4.74 Å². The molecule has 1 aliphatic carbocycles. The Labute approximate surface area is 92.7 Å². The Kier molecular flexibility index (Phi) is 3.65. The highest BCUT2D eigenvalue weighted by atomic mass is 16.5. The summed E-state index contributed by atoms with van der Waals surface area (Å²) < 4.78 is 5.39. The maximum absolute atomic E-state index is 5.92. The van der Waals surface area contributed by atoms with Crippen molar-refractivity contribution >= 4 is 0 Å². The van der Waals surface area contributed by atoms with Crippen molar-refractivity contribution in [3.8, 4) is 0 Å². The van der Waals surface area contributed by atoms with Gasteiger partial charge in [-0.3, -0.25) is 0 Å². The van der Waals surface area contributed by atoms with Crippen LogP contribution in [0.4, 0.5) is 0 Å². The lowest BCUT2D eigenvalue weighted by Crippen LogP contribution is -2.48. The summed E-state index contributed by atoms with van der Waals surface area (Å²) in [6, 6.07) is 0.458. The Morgan fingerprint density at radius 2 is 2.07 bits per heavy atom. The summed E-state index contributed by atoms with van der Waals surface area (Å²) in [7, 11) is 0. The monoisotopic (exact) mass is 212 g/mol. The van der Waals surface area contributed by atoms with Gasteiger partial charge >= 0.3 is 0 Å². The van der Waals surface area contributed by atoms with Crippen molar-refractivity contribution in [3.63, 3.8) is 0 Å². The normalized spacial score (nSPS) is 35.6. The van der Waals surface area contributed by atoms with Gasteiger partial charge in [0.05, 0.1) is 0 Å². The smallest absolute Gasteiger partial charge is 0.0483 e. The molecule has 15 heavy (non-hydrogen) atoms. The summed E-state index contributed by atoms with van der Waals surface area (Å²) >= 11 is 0. The summed E-state index contributed by atoms with van der Waals surface area (Å²) in [5, 5.41) is 3.72.